The highest BCUT2D eigenvalue weighted by atomic mass is 35.5. The summed E-state index contributed by atoms with van der Waals surface area (Å²) in [6.07, 6.45) is 0.837. The third kappa shape index (κ3) is 4.99. The maximum atomic E-state index is 12.0. The van der Waals surface area contributed by atoms with Crippen LogP contribution in [0.15, 0.2) is 24.3 Å². The second-order valence-corrected chi connectivity index (χ2v) is 5.86. The van der Waals surface area contributed by atoms with E-state index in [1.165, 1.54) is 0 Å². The first kappa shape index (κ1) is 18.0. The van der Waals surface area contributed by atoms with E-state index in [1.807, 2.05) is 31.2 Å². The van der Waals surface area contributed by atoms with Crippen LogP contribution in [0, 0.1) is 0 Å². The third-order valence-electron chi connectivity index (χ3n) is 3.70. The van der Waals surface area contributed by atoms with Crippen LogP contribution in [0.4, 0.5) is 0 Å². The van der Waals surface area contributed by atoms with Crippen molar-refractivity contribution in [2.75, 3.05) is 27.2 Å². The number of likely N-dealkylation sites (N-methyl/N-ethyl adjacent to an activating group) is 2. The fourth-order valence-electron chi connectivity index (χ4n) is 2.36. The second kappa shape index (κ2) is 8.37. The zero-order chi connectivity index (χ0) is 16.0. The summed E-state index contributed by atoms with van der Waals surface area (Å²) >= 11 is 6.11. The van der Waals surface area contributed by atoms with E-state index in [1.54, 1.807) is 19.0 Å². The molecular weight excluding hydrogens is 286 g/mol. The standard InChI is InChI=1S/C16H26ClN3O/c1-5-14(18)16(12-8-7-9-13(17)10-12)20(6-2)11-15(21)19(3)4/h7-10,14,16H,5-6,11,18H2,1-4H3. The van der Waals surface area contributed by atoms with Gasteiger partial charge in [-0.25, -0.2) is 0 Å². The van der Waals surface area contributed by atoms with Gasteiger partial charge in [-0.1, -0.05) is 37.6 Å². The molecule has 21 heavy (non-hydrogen) atoms. The van der Waals surface area contributed by atoms with Crippen molar-refractivity contribution in [2.24, 2.45) is 5.73 Å². The van der Waals surface area contributed by atoms with Gasteiger partial charge in [0.2, 0.25) is 5.91 Å². The third-order valence-corrected chi connectivity index (χ3v) is 3.94. The molecule has 0 aliphatic heterocycles. The summed E-state index contributed by atoms with van der Waals surface area (Å²) < 4.78 is 0. The topological polar surface area (TPSA) is 49.6 Å². The molecule has 118 valence electrons. The minimum atomic E-state index is -0.0432. The molecule has 1 rings (SSSR count). The maximum Gasteiger partial charge on any atom is 0.236 e. The van der Waals surface area contributed by atoms with E-state index >= 15 is 0 Å². The number of nitrogens with two attached hydrogens (primary N) is 1. The molecule has 0 saturated carbocycles. The summed E-state index contributed by atoms with van der Waals surface area (Å²) in [4.78, 5) is 15.8. The number of carbonyl (C=O) groups is 1. The van der Waals surface area contributed by atoms with Crippen LogP contribution in [0.25, 0.3) is 0 Å². The molecule has 2 unspecified atom stereocenters. The molecule has 0 spiro atoms. The molecule has 0 saturated heterocycles. The molecule has 0 aliphatic rings. The Labute approximate surface area is 132 Å². The number of rotatable bonds is 7. The van der Waals surface area contributed by atoms with Crippen molar-refractivity contribution in [3.63, 3.8) is 0 Å². The van der Waals surface area contributed by atoms with Gasteiger partial charge < -0.3 is 10.6 Å². The van der Waals surface area contributed by atoms with Crippen molar-refractivity contribution in [1.29, 1.82) is 0 Å². The van der Waals surface area contributed by atoms with Gasteiger partial charge in [0.25, 0.3) is 0 Å². The minimum absolute atomic E-state index is 0.0115. The van der Waals surface area contributed by atoms with Gasteiger partial charge in [-0.05, 0) is 30.7 Å². The molecule has 0 radical (unpaired) electrons. The van der Waals surface area contributed by atoms with Gasteiger partial charge in [-0.3, -0.25) is 9.69 Å². The Bertz CT molecular complexity index is 465. The Balaban J connectivity index is 3.07. The first-order chi connectivity index (χ1) is 9.90. The Kier molecular flexibility index (Phi) is 7.15. The number of amides is 1. The van der Waals surface area contributed by atoms with E-state index in [0.717, 1.165) is 18.5 Å². The number of nitrogens with zero attached hydrogens (tertiary/aromatic N) is 2. The van der Waals surface area contributed by atoms with Crippen LogP contribution in [-0.4, -0.2) is 48.9 Å². The van der Waals surface area contributed by atoms with Gasteiger partial charge in [-0.15, -0.1) is 0 Å². The highest BCUT2D eigenvalue weighted by molar-refractivity contribution is 6.30. The first-order valence-corrected chi connectivity index (χ1v) is 7.73. The summed E-state index contributed by atoms with van der Waals surface area (Å²) in [7, 11) is 3.54. The van der Waals surface area contributed by atoms with Crippen LogP contribution >= 0.6 is 11.6 Å². The first-order valence-electron chi connectivity index (χ1n) is 7.35. The van der Waals surface area contributed by atoms with Crippen LogP contribution < -0.4 is 5.73 Å². The fraction of sp³-hybridized carbons (Fsp3) is 0.562. The predicted octanol–water partition coefficient (Wildman–Crippen LogP) is 2.53. The van der Waals surface area contributed by atoms with E-state index < -0.39 is 0 Å². The lowest BCUT2D eigenvalue weighted by molar-refractivity contribution is -0.130. The molecule has 4 nitrogen and oxygen atoms in total. The van der Waals surface area contributed by atoms with Crippen molar-refractivity contribution in [3.05, 3.63) is 34.9 Å². The van der Waals surface area contributed by atoms with E-state index in [-0.39, 0.29) is 18.0 Å². The SMILES string of the molecule is CCC(N)C(c1cccc(Cl)c1)N(CC)CC(=O)N(C)C. The summed E-state index contributed by atoms with van der Waals surface area (Å²) in [6.45, 7) is 5.21. The van der Waals surface area contributed by atoms with E-state index in [2.05, 4.69) is 11.8 Å². The molecule has 0 fully saturated rings. The summed E-state index contributed by atoms with van der Waals surface area (Å²) in [5.74, 6) is 0.0761. The maximum absolute atomic E-state index is 12.0. The highest BCUT2D eigenvalue weighted by Crippen LogP contribution is 2.27. The van der Waals surface area contributed by atoms with Gasteiger partial charge in [0.05, 0.1) is 12.6 Å². The van der Waals surface area contributed by atoms with E-state index in [0.29, 0.717) is 11.6 Å². The van der Waals surface area contributed by atoms with Crippen molar-refractivity contribution >= 4 is 17.5 Å². The predicted molar refractivity (Wildman–Crippen MR) is 88.4 cm³/mol. The van der Waals surface area contributed by atoms with Gasteiger partial charge in [0, 0.05) is 25.2 Å². The Morgan fingerprint density at radius 1 is 1.33 bits per heavy atom. The number of carbonyl (C=O) groups excluding carboxylic acids is 1. The van der Waals surface area contributed by atoms with Crippen molar-refractivity contribution in [1.82, 2.24) is 9.80 Å². The normalized spacial score (nSPS) is 14.0. The summed E-state index contributed by atoms with van der Waals surface area (Å²) in [5.41, 5.74) is 7.38. The zero-order valence-electron chi connectivity index (χ0n) is 13.3. The molecule has 0 aliphatic carbocycles. The Morgan fingerprint density at radius 3 is 2.48 bits per heavy atom. The lowest BCUT2D eigenvalue weighted by atomic mass is 9.96. The smallest absolute Gasteiger partial charge is 0.236 e. The van der Waals surface area contributed by atoms with Crippen LogP contribution in [0.1, 0.15) is 31.9 Å². The lowest BCUT2D eigenvalue weighted by Crippen LogP contribution is -2.45. The highest BCUT2D eigenvalue weighted by Gasteiger charge is 2.26. The van der Waals surface area contributed by atoms with Crippen molar-refractivity contribution < 1.29 is 4.79 Å². The minimum Gasteiger partial charge on any atom is -0.348 e. The number of hydrogen-bond acceptors (Lipinski definition) is 3. The quantitative estimate of drug-likeness (QED) is 0.842. The molecule has 0 aromatic heterocycles. The van der Waals surface area contributed by atoms with Gasteiger partial charge >= 0.3 is 0 Å². The van der Waals surface area contributed by atoms with Crippen molar-refractivity contribution in [3.8, 4) is 0 Å². The van der Waals surface area contributed by atoms with Crippen LogP contribution in [0.3, 0.4) is 0 Å². The molecular formula is C16H26ClN3O. The molecule has 2 N–H and O–H groups in total. The van der Waals surface area contributed by atoms with Gasteiger partial charge in [-0.2, -0.15) is 0 Å². The molecule has 1 amide bonds. The lowest BCUT2D eigenvalue weighted by Gasteiger charge is -2.35. The number of halogens is 1. The molecule has 1 aromatic carbocycles. The van der Waals surface area contributed by atoms with Crippen LogP contribution in [0.2, 0.25) is 5.02 Å². The second-order valence-electron chi connectivity index (χ2n) is 5.42. The average molecular weight is 312 g/mol. The average Bonchev–Trinajstić information content (AvgIpc) is 2.45. The number of benzene rings is 1. The van der Waals surface area contributed by atoms with Crippen molar-refractivity contribution in [2.45, 2.75) is 32.4 Å². The summed E-state index contributed by atoms with van der Waals surface area (Å²) in [5, 5.41) is 0.691. The number of hydrogen-bond donors (Lipinski definition) is 1. The molecule has 1 aromatic rings. The largest absolute Gasteiger partial charge is 0.348 e. The molecule has 2 atom stereocenters. The summed E-state index contributed by atoms with van der Waals surface area (Å²) in [6, 6.07) is 7.68. The molecule has 0 heterocycles. The van der Waals surface area contributed by atoms with Gasteiger partial charge in [0.15, 0.2) is 0 Å². The fourth-order valence-corrected chi connectivity index (χ4v) is 2.56. The van der Waals surface area contributed by atoms with Crippen LogP contribution in [-0.2, 0) is 4.79 Å². The zero-order valence-corrected chi connectivity index (χ0v) is 14.1. The van der Waals surface area contributed by atoms with E-state index in [4.69, 9.17) is 17.3 Å². The van der Waals surface area contributed by atoms with E-state index in [9.17, 15) is 4.79 Å². The van der Waals surface area contributed by atoms with Crippen LogP contribution in [0.5, 0.6) is 0 Å². The Morgan fingerprint density at radius 2 is 2.00 bits per heavy atom. The molecule has 5 heteroatoms. The Hall–Kier alpha value is -1.10. The molecule has 0 bridgehead atoms. The monoisotopic (exact) mass is 311 g/mol. The van der Waals surface area contributed by atoms with Gasteiger partial charge in [0.1, 0.15) is 0 Å².